The molecule has 3 nitrogen and oxygen atoms in total. The van der Waals surface area contributed by atoms with E-state index >= 15 is 0 Å². The Hall–Kier alpha value is -0.570. The van der Waals surface area contributed by atoms with E-state index in [9.17, 15) is 4.79 Å². The summed E-state index contributed by atoms with van der Waals surface area (Å²) < 4.78 is 0. The summed E-state index contributed by atoms with van der Waals surface area (Å²) in [7, 11) is 0. The van der Waals surface area contributed by atoms with Crippen LogP contribution in [0.1, 0.15) is 27.2 Å². The van der Waals surface area contributed by atoms with Crippen LogP contribution in [0.2, 0.25) is 0 Å². The number of hydrogen-bond donors (Lipinski definition) is 1. The van der Waals surface area contributed by atoms with Gasteiger partial charge in [0, 0.05) is 13.1 Å². The second-order valence-corrected chi connectivity index (χ2v) is 4.45. The molecule has 1 amide bonds. The summed E-state index contributed by atoms with van der Waals surface area (Å²) >= 11 is 0. The van der Waals surface area contributed by atoms with Crippen LogP contribution >= 0.6 is 0 Å². The quantitative estimate of drug-likeness (QED) is 0.691. The topological polar surface area (TPSA) is 46.3 Å². The highest BCUT2D eigenvalue weighted by Crippen LogP contribution is 2.16. The van der Waals surface area contributed by atoms with Crippen LogP contribution in [-0.4, -0.2) is 29.9 Å². The van der Waals surface area contributed by atoms with E-state index in [0.717, 1.165) is 19.5 Å². The van der Waals surface area contributed by atoms with E-state index in [1.165, 1.54) is 0 Å². The molecule has 0 saturated carbocycles. The normalized spacial score (nSPS) is 25.3. The zero-order valence-electron chi connectivity index (χ0n) is 8.79. The van der Waals surface area contributed by atoms with Crippen molar-refractivity contribution in [2.24, 2.45) is 17.6 Å². The highest BCUT2D eigenvalue weighted by molar-refractivity contribution is 5.82. The highest BCUT2D eigenvalue weighted by Gasteiger charge is 2.28. The lowest BCUT2D eigenvalue weighted by molar-refractivity contribution is -0.132. The number of nitrogens with two attached hydrogens (primary N) is 1. The maximum atomic E-state index is 11.7. The van der Waals surface area contributed by atoms with E-state index in [2.05, 4.69) is 6.92 Å². The number of likely N-dealkylation sites (tertiary alicyclic amines) is 1. The van der Waals surface area contributed by atoms with E-state index in [1.807, 2.05) is 18.7 Å². The summed E-state index contributed by atoms with van der Waals surface area (Å²) in [5.74, 6) is 1.01. The van der Waals surface area contributed by atoms with Gasteiger partial charge in [0.25, 0.3) is 0 Å². The first-order valence-corrected chi connectivity index (χ1v) is 5.06. The molecule has 0 aromatic carbocycles. The molecule has 76 valence electrons. The third-order valence-electron chi connectivity index (χ3n) is 2.74. The maximum Gasteiger partial charge on any atom is 0.239 e. The van der Waals surface area contributed by atoms with E-state index < -0.39 is 0 Å². The summed E-state index contributed by atoms with van der Waals surface area (Å²) in [6.07, 6.45) is 1.12. The summed E-state index contributed by atoms with van der Waals surface area (Å²) in [6.45, 7) is 7.93. The maximum absolute atomic E-state index is 11.7. The summed E-state index contributed by atoms with van der Waals surface area (Å²) in [6, 6.07) is -0.315. The monoisotopic (exact) mass is 184 g/mol. The lowest BCUT2D eigenvalue weighted by atomic mass is 10.0. The zero-order chi connectivity index (χ0) is 10.0. The molecule has 0 radical (unpaired) electrons. The highest BCUT2D eigenvalue weighted by atomic mass is 16.2. The van der Waals surface area contributed by atoms with Gasteiger partial charge >= 0.3 is 0 Å². The molecule has 1 unspecified atom stereocenters. The van der Waals surface area contributed by atoms with Crippen LogP contribution < -0.4 is 5.73 Å². The molecule has 1 aliphatic heterocycles. The Bertz CT molecular complexity index is 191. The smallest absolute Gasteiger partial charge is 0.239 e. The lowest BCUT2D eigenvalue weighted by Crippen LogP contribution is -2.45. The fraction of sp³-hybridized carbons (Fsp3) is 0.900. The van der Waals surface area contributed by atoms with Gasteiger partial charge in [0.15, 0.2) is 0 Å². The molecule has 2 N–H and O–H groups in total. The summed E-state index contributed by atoms with van der Waals surface area (Å²) in [5.41, 5.74) is 5.79. The van der Waals surface area contributed by atoms with Crippen molar-refractivity contribution >= 4 is 5.91 Å². The Morgan fingerprint density at radius 2 is 2.15 bits per heavy atom. The van der Waals surface area contributed by atoms with Gasteiger partial charge in [0.1, 0.15) is 0 Å². The van der Waals surface area contributed by atoms with Crippen LogP contribution in [-0.2, 0) is 4.79 Å². The molecule has 1 rings (SSSR count). The van der Waals surface area contributed by atoms with Crippen molar-refractivity contribution in [1.29, 1.82) is 0 Å². The van der Waals surface area contributed by atoms with E-state index in [-0.39, 0.29) is 17.9 Å². The van der Waals surface area contributed by atoms with Crippen LogP contribution in [0.3, 0.4) is 0 Å². The summed E-state index contributed by atoms with van der Waals surface area (Å²) in [4.78, 5) is 13.6. The van der Waals surface area contributed by atoms with Gasteiger partial charge in [-0.25, -0.2) is 0 Å². The number of rotatable bonds is 2. The van der Waals surface area contributed by atoms with Gasteiger partial charge in [-0.2, -0.15) is 0 Å². The molecular weight excluding hydrogens is 164 g/mol. The fourth-order valence-electron chi connectivity index (χ4n) is 1.63. The molecule has 0 aliphatic carbocycles. The molecule has 0 aromatic heterocycles. The first kappa shape index (κ1) is 10.5. The molecule has 1 heterocycles. The van der Waals surface area contributed by atoms with Gasteiger partial charge in [-0.3, -0.25) is 4.79 Å². The van der Waals surface area contributed by atoms with Crippen molar-refractivity contribution in [2.45, 2.75) is 33.2 Å². The predicted octanol–water partition coefficient (Wildman–Crippen LogP) is 0.838. The van der Waals surface area contributed by atoms with Gasteiger partial charge in [0.2, 0.25) is 5.91 Å². The van der Waals surface area contributed by atoms with E-state index in [0.29, 0.717) is 5.92 Å². The molecule has 3 heteroatoms. The Morgan fingerprint density at radius 3 is 2.54 bits per heavy atom. The molecule has 1 aliphatic rings. The molecule has 0 aromatic rings. The summed E-state index contributed by atoms with van der Waals surface area (Å²) in [5, 5.41) is 0. The average molecular weight is 184 g/mol. The number of carbonyl (C=O) groups is 1. The minimum atomic E-state index is -0.315. The van der Waals surface area contributed by atoms with Gasteiger partial charge in [-0.05, 0) is 18.3 Å². The Balaban J connectivity index is 2.48. The second kappa shape index (κ2) is 4.09. The van der Waals surface area contributed by atoms with Gasteiger partial charge in [-0.1, -0.05) is 20.8 Å². The van der Waals surface area contributed by atoms with Crippen molar-refractivity contribution in [2.75, 3.05) is 13.1 Å². The van der Waals surface area contributed by atoms with Crippen molar-refractivity contribution in [3.63, 3.8) is 0 Å². The van der Waals surface area contributed by atoms with E-state index in [1.54, 1.807) is 0 Å². The molecule has 13 heavy (non-hydrogen) atoms. The van der Waals surface area contributed by atoms with Crippen LogP contribution in [0.25, 0.3) is 0 Å². The number of nitrogens with zero attached hydrogens (tertiary/aromatic N) is 1. The number of amides is 1. The Labute approximate surface area is 80.3 Å². The fourth-order valence-corrected chi connectivity index (χ4v) is 1.63. The molecule has 2 atom stereocenters. The SMILES string of the molecule is CC1CCN(C(=O)[C@@H](N)C(C)C)C1. The first-order valence-electron chi connectivity index (χ1n) is 5.06. The van der Waals surface area contributed by atoms with Crippen LogP contribution in [0.4, 0.5) is 0 Å². The average Bonchev–Trinajstić information content (AvgIpc) is 2.49. The Kier molecular flexibility index (Phi) is 3.31. The minimum Gasteiger partial charge on any atom is -0.341 e. The van der Waals surface area contributed by atoms with Gasteiger partial charge in [-0.15, -0.1) is 0 Å². The largest absolute Gasteiger partial charge is 0.341 e. The van der Waals surface area contributed by atoms with E-state index in [4.69, 9.17) is 5.73 Å². The van der Waals surface area contributed by atoms with Gasteiger partial charge < -0.3 is 10.6 Å². The first-order chi connectivity index (χ1) is 6.02. The van der Waals surface area contributed by atoms with Crippen LogP contribution in [0, 0.1) is 11.8 Å². The van der Waals surface area contributed by atoms with Crippen LogP contribution in [0.5, 0.6) is 0 Å². The molecule has 0 spiro atoms. The van der Waals surface area contributed by atoms with Crippen molar-refractivity contribution < 1.29 is 4.79 Å². The third kappa shape index (κ3) is 2.44. The van der Waals surface area contributed by atoms with Crippen LogP contribution in [0.15, 0.2) is 0 Å². The lowest BCUT2D eigenvalue weighted by Gasteiger charge is -2.22. The zero-order valence-corrected chi connectivity index (χ0v) is 8.79. The second-order valence-electron chi connectivity index (χ2n) is 4.45. The molecule has 1 saturated heterocycles. The number of hydrogen-bond acceptors (Lipinski definition) is 2. The third-order valence-corrected chi connectivity index (χ3v) is 2.74. The number of carbonyl (C=O) groups excluding carboxylic acids is 1. The van der Waals surface area contributed by atoms with Gasteiger partial charge in [0.05, 0.1) is 6.04 Å². The molecular formula is C10H20N2O. The molecule has 1 fully saturated rings. The Morgan fingerprint density at radius 1 is 1.54 bits per heavy atom. The predicted molar refractivity (Wildman–Crippen MR) is 53.2 cm³/mol. The van der Waals surface area contributed by atoms with Crippen molar-refractivity contribution in [1.82, 2.24) is 4.90 Å². The molecule has 0 bridgehead atoms. The standard InChI is InChI=1S/C10H20N2O/c1-7(2)9(11)10(13)12-5-4-8(3)6-12/h7-9H,4-6,11H2,1-3H3/t8?,9-/m0/s1. The minimum absolute atomic E-state index is 0.124. The van der Waals surface area contributed by atoms with Crippen molar-refractivity contribution in [3.8, 4) is 0 Å². The van der Waals surface area contributed by atoms with Crippen molar-refractivity contribution in [3.05, 3.63) is 0 Å².